The molecule has 0 saturated carbocycles. The molecule has 0 unspecified atom stereocenters. The van der Waals surface area contributed by atoms with Gasteiger partial charge < -0.3 is 10.1 Å². The van der Waals surface area contributed by atoms with Crippen LogP contribution in [0.1, 0.15) is 21.5 Å². The zero-order valence-electron chi connectivity index (χ0n) is 16.5. The highest BCUT2D eigenvalue weighted by atomic mass is 32.2. The van der Waals surface area contributed by atoms with Crippen molar-refractivity contribution in [1.82, 2.24) is 5.32 Å². The van der Waals surface area contributed by atoms with Gasteiger partial charge in [0.05, 0.1) is 12.0 Å². The first kappa shape index (κ1) is 21.3. The molecule has 156 valence electrons. The maximum atomic E-state index is 13.6. The summed E-state index contributed by atoms with van der Waals surface area (Å²) in [6.45, 7) is 1.83. The Kier molecular flexibility index (Phi) is 6.37. The summed E-state index contributed by atoms with van der Waals surface area (Å²) in [5.41, 5.74) is 1.85. The molecule has 3 aromatic rings. The van der Waals surface area contributed by atoms with Crippen molar-refractivity contribution >= 4 is 21.6 Å². The summed E-state index contributed by atoms with van der Waals surface area (Å²) in [6, 6.07) is 16.8. The third kappa shape index (κ3) is 5.15. The maximum Gasteiger partial charge on any atom is 0.261 e. The van der Waals surface area contributed by atoms with Crippen LogP contribution in [0, 0.1) is 12.7 Å². The number of aryl methyl sites for hydroxylation is 1. The molecule has 0 atom stereocenters. The second-order valence-corrected chi connectivity index (χ2v) is 8.31. The van der Waals surface area contributed by atoms with Crippen LogP contribution in [0.3, 0.4) is 0 Å². The molecule has 8 heteroatoms. The number of methoxy groups -OCH3 is 1. The van der Waals surface area contributed by atoms with E-state index in [0.29, 0.717) is 28.1 Å². The Labute approximate surface area is 174 Å². The second kappa shape index (κ2) is 8.96. The molecule has 2 N–H and O–H groups in total. The third-order valence-corrected chi connectivity index (χ3v) is 5.86. The lowest BCUT2D eigenvalue weighted by Gasteiger charge is -2.10. The molecule has 0 fully saturated rings. The molecular formula is C22H21FN2O4S. The van der Waals surface area contributed by atoms with Crippen LogP contribution in [-0.2, 0) is 16.6 Å². The lowest BCUT2D eigenvalue weighted by Crippen LogP contribution is -2.23. The SMILES string of the molecule is COc1ccc(NS(=O)(=O)c2ccc(C(=O)NCc3ccc(C)c(F)c3)cc2)cc1. The Bertz CT molecular complexity index is 1140. The van der Waals surface area contributed by atoms with Crippen molar-refractivity contribution in [1.29, 1.82) is 0 Å². The Hall–Kier alpha value is -3.39. The zero-order chi connectivity index (χ0) is 21.7. The van der Waals surface area contributed by atoms with Crippen LogP contribution in [0.5, 0.6) is 5.75 Å². The van der Waals surface area contributed by atoms with Gasteiger partial charge in [0, 0.05) is 17.8 Å². The molecule has 3 aromatic carbocycles. The standard InChI is InChI=1S/C22H21FN2O4S/c1-15-3-4-16(13-21(15)23)14-24-22(26)17-5-11-20(12-6-17)30(27,28)25-18-7-9-19(29-2)10-8-18/h3-13,25H,14H2,1-2H3,(H,24,26). The summed E-state index contributed by atoms with van der Waals surface area (Å²) in [5.74, 6) is -0.106. The van der Waals surface area contributed by atoms with Crippen molar-refractivity contribution in [3.8, 4) is 5.75 Å². The van der Waals surface area contributed by atoms with Crippen molar-refractivity contribution in [3.05, 3.63) is 89.2 Å². The smallest absolute Gasteiger partial charge is 0.261 e. The molecule has 0 radical (unpaired) electrons. The van der Waals surface area contributed by atoms with Crippen LogP contribution in [0.4, 0.5) is 10.1 Å². The average molecular weight is 428 g/mol. The molecule has 3 rings (SSSR count). The van der Waals surface area contributed by atoms with E-state index in [1.165, 1.54) is 37.4 Å². The van der Waals surface area contributed by atoms with Crippen molar-refractivity contribution in [3.63, 3.8) is 0 Å². The molecule has 0 bridgehead atoms. The Balaban J connectivity index is 1.65. The topological polar surface area (TPSA) is 84.5 Å². The number of nitrogens with one attached hydrogen (secondary N) is 2. The van der Waals surface area contributed by atoms with E-state index in [4.69, 9.17) is 4.74 Å². The van der Waals surface area contributed by atoms with E-state index in [2.05, 4.69) is 10.0 Å². The molecule has 0 aromatic heterocycles. The minimum atomic E-state index is -3.80. The number of hydrogen-bond acceptors (Lipinski definition) is 4. The minimum Gasteiger partial charge on any atom is -0.497 e. The number of benzene rings is 3. The lowest BCUT2D eigenvalue weighted by atomic mass is 10.1. The van der Waals surface area contributed by atoms with Gasteiger partial charge in [0.25, 0.3) is 15.9 Å². The van der Waals surface area contributed by atoms with Crippen LogP contribution < -0.4 is 14.8 Å². The van der Waals surface area contributed by atoms with Gasteiger partial charge in [-0.15, -0.1) is 0 Å². The summed E-state index contributed by atoms with van der Waals surface area (Å²) in [5, 5.41) is 2.69. The summed E-state index contributed by atoms with van der Waals surface area (Å²) in [4.78, 5) is 12.3. The van der Waals surface area contributed by atoms with Crippen molar-refractivity contribution in [2.45, 2.75) is 18.4 Å². The van der Waals surface area contributed by atoms with Gasteiger partial charge in [0.1, 0.15) is 11.6 Å². The summed E-state index contributed by atoms with van der Waals surface area (Å²) in [6.07, 6.45) is 0. The molecule has 30 heavy (non-hydrogen) atoms. The molecule has 0 heterocycles. The van der Waals surface area contributed by atoms with Crippen molar-refractivity contribution in [2.75, 3.05) is 11.8 Å². The van der Waals surface area contributed by atoms with Gasteiger partial charge in [-0.25, -0.2) is 12.8 Å². The van der Waals surface area contributed by atoms with Gasteiger partial charge in [-0.05, 0) is 72.6 Å². The number of anilines is 1. The Morgan fingerprint density at radius 2 is 1.67 bits per heavy atom. The number of amides is 1. The first-order valence-electron chi connectivity index (χ1n) is 9.08. The van der Waals surface area contributed by atoms with Gasteiger partial charge in [0.15, 0.2) is 0 Å². The van der Waals surface area contributed by atoms with E-state index >= 15 is 0 Å². The number of ether oxygens (including phenoxy) is 1. The number of rotatable bonds is 7. The van der Waals surface area contributed by atoms with E-state index in [1.54, 1.807) is 43.3 Å². The highest BCUT2D eigenvalue weighted by Crippen LogP contribution is 2.19. The maximum absolute atomic E-state index is 13.6. The number of carbonyl (C=O) groups excluding carboxylic acids is 1. The predicted molar refractivity (Wildman–Crippen MR) is 113 cm³/mol. The fourth-order valence-corrected chi connectivity index (χ4v) is 3.75. The summed E-state index contributed by atoms with van der Waals surface area (Å²) < 4.78 is 46.2. The highest BCUT2D eigenvalue weighted by molar-refractivity contribution is 7.92. The van der Waals surface area contributed by atoms with Crippen LogP contribution in [0.15, 0.2) is 71.6 Å². The largest absolute Gasteiger partial charge is 0.497 e. The van der Waals surface area contributed by atoms with Gasteiger partial charge in [-0.2, -0.15) is 0 Å². The molecule has 1 amide bonds. The summed E-state index contributed by atoms with van der Waals surface area (Å²) in [7, 11) is -2.28. The molecule has 0 spiro atoms. The van der Waals surface area contributed by atoms with E-state index in [9.17, 15) is 17.6 Å². The normalized spacial score (nSPS) is 11.0. The van der Waals surface area contributed by atoms with Gasteiger partial charge in [0.2, 0.25) is 0 Å². The van der Waals surface area contributed by atoms with Gasteiger partial charge >= 0.3 is 0 Å². The number of halogens is 1. The quantitative estimate of drug-likeness (QED) is 0.598. The molecule has 0 aliphatic heterocycles. The van der Waals surface area contributed by atoms with E-state index < -0.39 is 10.0 Å². The Morgan fingerprint density at radius 1 is 1.00 bits per heavy atom. The average Bonchev–Trinajstić information content (AvgIpc) is 2.74. The zero-order valence-corrected chi connectivity index (χ0v) is 17.3. The van der Waals surface area contributed by atoms with E-state index in [-0.39, 0.29) is 23.2 Å². The van der Waals surface area contributed by atoms with Crippen LogP contribution in [-0.4, -0.2) is 21.4 Å². The molecule has 6 nitrogen and oxygen atoms in total. The third-order valence-electron chi connectivity index (χ3n) is 4.46. The minimum absolute atomic E-state index is 0.0236. The van der Waals surface area contributed by atoms with Gasteiger partial charge in [-0.1, -0.05) is 12.1 Å². The van der Waals surface area contributed by atoms with Crippen molar-refractivity contribution < 1.29 is 22.3 Å². The monoisotopic (exact) mass is 428 g/mol. The highest BCUT2D eigenvalue weighted by Gasteiger charge is 2.15. The van der Waals surface area contributed by atoms with E-state index in [0.717, 1.165) is 0 Å². The molecular weight excluding hydrogens is 407 g/mol. The van der Waals surface area contributed by atoms with Crippen LogP contribution in [0.25, 0.3) is 0 Å². The number of sulfonamides is 1. The van der Waals surface area contributed by atoms with Crippen LogP contribution in [0.2, 0.25) is 0 Å². The number of carbonyl (C=O) groups is 1. The first-order chi connectivity index (χ1) is 14.3. The van der Waals surface area contributed by atoms with Crippen LogP contribution >= 0.6 is 0 Å². The lowest BCUT2D eigenvalue weighted by molar-refractivity contribution is 0.0950. The Morgan fingerprint density at radius 3 is 2.27 bits per heavy atom. The van der Waals surface area contributed by atoms with Gasteiger partial charge in [-0.3, -0.25) is 9.52 Å². The molecule has 0 saturated heterocycles. The molecule has 0 aliphatic rings. The predicted octanol–water partition coefficient (Wildman–Crippen LogP) is 3.87. The van der Waals surface area contributed by atoms with E-state index in [1.807, 2.05) is 0 Å². The summed E-state index contributed by atoms with van der Waals surface area (Å²) >= 11 is 0. The first-order valence-corrected chi connectivity index (χ1v) is 10.6. The number of hydrogen-bond donors (Lipinski definition) is 2. The second-order valence-electron chi connectivity index (χ2n) is 6.62. The molecule has 0 aliphatic carbocycles. The fraction of sp³-hybridized carbons (Fsp3) is 0.136. The fourth-order valence-electron chi connectivity index (χ4n) is 2.69. The van der Waals surface area contributed by atoms with Crippen molar-refractivity contribution in [2.24, 2.45) is 0 Å².